The first-order chi connectivity index (χ1) is 10.0. The van der Waals surface area contributed by atoms with Crippen LogP contribution >= 0.6 is 11.8 Å². The number of nitrogens with one attached hydrogen (secondary N) is 2. The van der Waals surface area contributed by atoms with E-state index < -0.39 is 0 Å². The Balaban J connectivity index is 1.77. The highest BCUT2D eigenvalue weighted by Crippen LogP contribution is 2.21. The minimum atomic E-state index is -0.210. The van der Waals surface area contributed by atoms with E-state index in [4.69, 9.17) is 0 Å². The molecule has 1 aromatic heterocycles. The van der Waals surface area contributed by atoms with Gasteiger partial charge in [0, 0.05) is 29.8 Å². The van der Waals surface area contributed by atoms with E-state index in [0.29, 0.717) is 17.6 Å². The summed E-state index contributed by atoms with van der Waals surface area (Å²) in [6.45, 7) is 4.58. The quantitative estimate of drug-likeness (QED) is 0.835. The summed E-state index contributed by atoms with van der Waals surface area (Å²) in [6.07, 6.45) is 0. The molecule has 0 saturated heterocycles. The first-order valence-electron chi connectivity index (χ1n) is 6.82. The van der Waals surface area contributed by atoms with Crippen LogP contribution in [0.1, 0.15) is 12.6 Å². The average molecular weight is 304 g/mol. The predicted octanol–water partition coefficient (Wildman–Crippen LogP) is 3.03. The summed E-state index contributed by atoms with van der Waals surface area (Å²) in [7, 11) is 1.80. The van der Waals surface area contributed by atoms with E-state index in [-0.39, 0.29) is 6.03 Å². The van der Waals surface area contributed by atoms with Gasteiger partial charge in [-0.25, -0.2) is 4.79 Å². The van der Waals surface area contributed by atoms with Crippen molar-refractivity contribution in [2.75, 3.05) is 11.9 Å². The lowest BCUT2D eigenvalue weighted by molar-refractivity contribution is 0.252. The maximum absolute atomic E-state index is 11.9. The number of carbonyl (C=O) groups excluding carboxylic acids is 1. The van der Waals surface area contributed by atoms with Crippen molar-refractivity contribution in [3.8, 4) is 0 Å². The lowest BCUT2D eigenvalue weighted by Gasteiger charge is -2.13. The molecule has 0 bridgehead atoms. The number of hydrogen-bond donors (Lipinski definition) is 2. The second-order valence-corrected chi connectivity index (χ2v) is 6.38. The molecule has 1 atom stereocenters. The Morgan fingerprint density at radius 1 is 1.38 bits per heavy atom. The van der Waals surface area contributed by atoms with Gasteiger partial charge in [0.05, 0.1) is 5.69 Å². The second-order valence-electron chi connectivity index (χ2n) is 4.87. The number of aryl methyl sites for hydroxylation is 2. The Hall–Kier alpha value is -1.95. The van der Waals surface area contributed by atoms with Gasteiger partial charge in [-0.05, 0) is 19.1 Å². The summed E-state index contributed by atoms with van der Waals surface area (Å²) in [6, 6.07) is 11.8. The third-order valence-electron chi connectivity index (χ3n) is 2.87. The van der Waals surface area contributed by atoms with Gasteiger partial charge in [-0.3, -0.25) is 10.00 Å². The molecule has 6 heteroatoms. The highest BCUT2D eigenvalue weighted by molar-refractivity contribution is 8.00. The van der Waals surface area contributed by atoms with E-state index in [2.05, 4.69) is 34.8 Å². The van der Waals surface area contributed by atoms with E-state index >= 15 is 0 Å². The number of hydrogen-bond acceptors (Lipinski definition) is 3. The van der Waals surface area contributed by atoms with Crippen molar-refractivity contribution in [3.63, 3.8) is 0 Å². The largest absolute Gasteiger partial charge is 0.337 e. The lowest BCUT2D eigenvalue weighted by Crippen LogP contribution is -2.33. The van der Waals surface area contributed by atoms with E-state index in [1.807, 2.05) is 31.2 Å². The van der Waals surface area contributed by atoms with Crippen molar-refractivity contribution in [2.24, 2.45) is 7.05 Å². The molecular formula is C15H20N4OS. The van der Waals surface area contributed by atoms with Crippen molar-refractivity contribution < 1.29 is 4.79 Å². The van der Waals surface area contributed by atoms with Crippen LogP contribution in [0, 0.1) is 6.92 Å². The molecule has 1 heterocycles. The zero-order valence-electron chi connectivity index (χ0n) is 12.5. The SMILES string of the molecule is Cc1cc(NC(=O)NC[C@H](C)Sc2ccccc2)n(C)n1. The highest BCUT2D eigenvalue weighted by Gasteiger charge is 2.09. The molecule has 0 unspecified atom stereocenters. The number of aromatic nitrogens is 2. The maximum atomic E-state index is 11.9. The summed E-state index contributed by atoms with van der Waals surface area (Å²) in [5.74, 6) is 0.688. The number of rotatable bonds is 5. The molecular weight excluding hydrogens is 284 g/mol. The molecule has 0 aliphatic carbocycles. The van der Waals surface area contributed by atoms with Gasteiger partial charge in [-0.15, -0.1) is 11.8 Å². The fraction of sp³-hybridized carbons (Fsp3) is 0.333. The van der Waals surface area contributed by atoms with Crippen molar-refractivity contribution >= 4 is 23.6 Å². The molecule has 0 saturated carbocycles. The molecule has 2 aromatic rings. The van der Waals surface area contributed by atoms with Gasteiger partial charge in [-0.1, -0.05) is 25.1 Å². The molecule has 0 spiro atoms. The smallest absolute Gasteiger partial charge is 0.320 e. The van der Waals surface area contributed by atoms with Crippen molar-refractivity contribution in [1.82, 2.24) is 15.1 Å². The Kier molecular flexibility index (Phi) is 5.27. The zero-order chi connectivity index (χ0) is 15.2. The molecule has 0 fully saturated rings. The fourth-order valence-corrected chi connectivity index (χ4v) is 2.84. The van der Waals surface area contributed by atoms with E-state index in [0.717, 1.165) is 5.69 Å². The van der Waals surface area contributed by atoms with Crippen LogP contribution < -0.4 is 10.6 Å². The Morgan fingerprint density at radius 3 is 2.71 bits per heavy atom. The van der Waals surface area contributed by atoms with Crippen LogP contribution in [0.2, 0.25) is 0 Å². The van der Waals surface area contributed by atoms with Crippen LogP contribution in [0.25, 0.3) is 0 Å². The van der Waals surface area contributed by atoms with Gasteiger partial charge in [0.25, 0.3) is 0 Å². The van der Waals surface area contributed by atoms with Gasteiger partial charge >= 0.3 is 6.03 Å². The van der Waals surface area contributed by atoms with Crippen LogP contribution in [-0.2, 0) is 7.05 Å². The zero-order valence-corrected chi connectivity index (χ0v) is 13.3. The molecule has 2 rings (SSSR count). The Bertz CT molecular complexity index is 597. The van der Waals surface area contributed by atoms with Gasteiger partial charge in [0.15, 0.2) is 0 Å². The second kappa shape index (κ2) is 7.17. The van der Waals surface area contributed by atoms with Crippen LogP contribution in [0.5, 0.6) is 0 Å². The standard InChI is InChI=1S/C15H20N4OS/c1-11-9-14(19(3)18-11)17-15(20)16-10-12(2)21-13-7-5-4-6-8-13/h4-9,12H,10H2,1-3H3,(H2,16,17,20)/t12-/m0/s1. The lowest BCUT2D eigenvalue weighted by atomic mass is 10.4. The normalized spacial score (nSPS) is 12.0. The Morgan fingerprint density at radius 2 is 2.10 bits per heavy atom. The number of amides is 2. The molecule has 112 valence electrons. The number of carbonyl (C=O) groups is 1. The van der Waals surface area contributed by atoms with Crippen molar-refractivity contribution in [1.29, 1.82) is 0 Å². The molecule has 0 aliphatic heterocycles. The molecule has 0 aliphatic rings. The number of nitrogens with zero attached hydrogens (tertiary/aromatic N) is 2. The van der Waals surface area contributed by atoms with Gasteiger partial charge in [0.2, 0.25) is 0 Å². The summed E-state index contributed by atoms with van der Waals surface area (Å²) in [4.78, 5) is 13.1. The van der Waals surface area contributed by atoms with Crippen molar-refractivity contribution in [3.05, 3.63) is 42.1 Å². The maximum Gasteiger partial charge on any atom is 0.320 e. The van der Waals surface area contributed by atoms with Gasteiger partial charge in [-0.2, -0.15) is 5.10 Å². The van der Waals surface area contributed by atoms with Crippen LogP contribution in [0.4, 0.5) is 10.6 Å². The minimum absolute atomic E-state index is 0.210. The topological polar surface area (TPSA) is 59.0 Å². The number of anilines is 1. The fourth-order valence-electron chi connectivity index (χ4n) is 1.90. The summed E-state index contributed by atoms with van der Waals surface area (Å²) in [5, 5.41) is 10.1. The predicted molar refractivity (Wildman–Crippen MR) is 86.7 cm³/mol. The monoisotopic (exact) mass is 304 g/mol. The number of benzene rings is 1. The van der Waals surface area contributed by atoms with E-state index in [9.17, 15) is 4.79 Å². The molecule has 2 N–H and O–H groups in total. The third-order valence-corrected chi connectivity index (χ3v) is 3.99. The number of urea groups is 1. The van der Waals surface area contributed by atoms with Crippen LogP contribution in [-0.4, -0.2) is 27.6 Å². The molecule has 1 aromatic carbocycles. The van der Waals surface area contributed by atoms with Crippen LogP contribution in [0.3, 0.4) is 0 Å². The molecule has 5 nitrogen and oxygen atoms in total. The van der Waals surface area contributed by atoms with Gasteiger partial charge in [0.1, 0.15) is 5.82 Å². The molecule has 21 heavy (non-hydrogen) atoms. The summed E-state index contributed by atoms with van der Waals surface area (Å²) in [5.41, 5.74) is 0.876. The van der Waals surface area contributed by atoms with E-state index in [1.54, 1.807) is 23.5 Å². The van der Waals surface area contributed by atoms with Crippen LogP contribution in [0.15, 0.2) is 41.3 Å². The first-order valence-corrected chi connectivity index (χ1v) is 7.70. The minimum Gasteiger partial charge on any atom is -0.337 e. The van der Waals surface area contributed by atoms with Crippen molar-refractivity contribution in [2.45, 2.75) is 24.0 Å². The number of thioether (sulfide) groups is 1. The molecule has 0 radical (unpaired) electrons. The molecule has 2 amide bonds. The Labute approximate surface area is 129 Å². The average Bonchev–Trinajstić information content (AvgIpc) is 2.76. The highest BCUT2D eigenvalue weighted by atomic mass is 32.2. The van der Waals surface area contributed by atoms with E-state index in [1.165, 1.54) is 4.90 Å². The summed E-state index contributed by atoms with van der Waals surface area (Å²) < 4.78 is 1.65. The third kappa shape index (κ3) is 4.82. The first kappa shape index (κ1) is 15.4. The summed E-state index contributed by atoms with van der Waals surface area (Å²) >= 11 is 1.74. The van der Waals surface area contributed by atoms with Gasteiger partial charge < -0.3 is 5.32 Å².